The monoisotopic (exact) mass is 527 g/mol. The van der Waals surface area contributed by atoms with Crippen molar-refractivity contribution >= 4 is 70.1 Å². The van der Waals surface area contributed by atoms with Crippen molar-refractivity contribution in [1.29, 1.82) is 0 Å². The molecule has 1 nitrogen and oxygen atoms in total. The maximum absolute atomic E-state index is 2.42. The van der Waals surface area contributed by atoms with Gasteiger partial charge in [0.1, 0.15) is 0 Å². The Labute approximate surface area is 237 Å². The van der Waals surface area contributed by atoms with Gasteiger partial charge in [-0.2, -0.15) is 0 Å². The predicted octanol–water partition coefficient (Wildman–Crippen LogP) is 11.5. The minimum absolute atomic E-state index is 1.14. The molecule has 188 valence electrons. The SMILES string of the molecule is c1ccc(-c2cccc3sc4c5ccccc5c(N(c5ccccc5)c5ccc6ccccc6c5)cc4c23)cc1. The van der Waals surface area contributed by atoms with E-state index in [1.54, 1.807) is 0 Å². The number of nitrogens with zero attached hydrogens (tertiary/aromatic N) is 1. The van der Waals surface area contributed by atoms with Crippen LogP contribution in [0.3, 0.4) is 0 Å². The van der Waals surface area contributed by atoms with Gasteiger partial charge in [-0.25, -0.2) is 0 Å². The van der Waals surface area contributed by atoms with Crippen LogP contribution in [0.1, 0.15) is 0 Å². The molecule has 0 saturated carbocycles. The molecule has 2 heteroatoms. The van der Waals surface area contributed by atoms with E-state index in [-0.39, 0.29) is 0 Å². The molecule has 0 unspecified atom stereocenters. The molecule has 0 radical (unpaired) electrons. The van der Waals surface area contributed by atoms with E-state index in [2.05, 4.69) is 157 Å². The summed E-state index contributed by atoms with van der Waals surface area (Å²) in [6.45, 7) is 0. The fourth-order valence-electron chi connectivity index (χ4n) is 5.99. The van der Waals surface area contributed by atoms with Gasteiger partial charge in [0, 0.05) is 42.3 Å². The molecular formula is C38H25NS. The molecule has 0 atom stereocenters. The summed E-state index contributed by atoms with van der Waals surface area (Å²) >= 11 is 1.90. The number of anilines is 3. The molecular weight excluding hydrogens is 502 g/mol. The van der Waals surface area contributed by atoms with Gasteiger partial charge >= 0.3 is 0 Å². The molecule has 0 aliphatic rings. The highest BCUT2D eigenvalue weighted by Gasteiger charge is 2.20. The van der Waals surface area contributed by atoms with Gasteiger partial charge in [0.25, 0.3) is 0 Å². The van der Waals surface area contributed by atoms with Gasteiger partial charge in [-0.05, 0) is 58.3 Å². The quantitative estimate of drug-likeness (QED) is 0.220. The number of thiophene rings is 1. The van der Waals surface area contributed by atoms with Crippen molar-refractivity contribution in [3.8, 4) is 11.1 Å². The summed E-state index contributed by atoms with van der Waals surface area (Å²) in [7, 11) is 0. The smallest absolute Gasteiger partial charge is 0.0547 e. The van der Waals surface area contributed by atoms with Gasteiger partial charge in [-0.15, -0.1) is 11.3 Å². The van der Waals surface area contributed by atoms with Crippen molar-refractivity contribution in [1.82, 2.24) is 0 Å². The lowest BCUT2D eigenvalue weighted by Gasteiger charge is -2.27. The first-order valence-corrected chi connectivity index (χ1v) is 14.4. The van der Waals surface area contributed by atoms with Gasteiger partial charge < -0.3 is 4.90 Å². The fourth-order valence-corrected chi connectivity index (χ4v) is 7.24. The van der Waals surface area contributed by atoms with Crippen molar-refractivity contribution in [3.05, 3.63) is 152 Å². The number of rotatable bonds is 4. The maximum Gasteiger partial charge on any atom is 0.0547 e. The lowest BCUT2D eigenvalue weighted by Crippen LogP contribution is -2.10. The zero-order valence-corrected chi connectivity index (χ0v) is 22.6. The van der Waals surface area contributed by atoms with Gasteiger partial charge in [-0.1, -0.05) is 115 Å². The third kappa shape index (κ3) is 3.69. The Bertz CT molecular complexity index is 2160. The summed E-state index contributed by atoms with van der Waals surface area (Å²) in [5.41, 5.74) is 6.01. The van der Waals surface area contributed by atoms with Crippen LogP contribution in [0.2, 0.25) is 0 Å². The van der Waals surface area contributed by atoms with E-state index in [0.717, 1.165) is 11.4 Å². The van der Waals surface area contributed by atoms with Crippen LogP contribution in [-0.2, 0) is 0 Å². The first-order valence-electron chi connectivity index (χ1n) is 13.6. The van der Waals surface area contributed by atoms with Crippen molar-refractivity contribution < 1.29 is 0 Å². The number of fused-ring (bicyclic) bond motifs is 6. The molecule has 0 saturated heterocycles. The van der Waals surface area contributed by atoms with Crippen LogP contribution in [0, 0.1) is 0 Å². The van der Waals surface area contributed by atoms with Crippen molar-refractivity contribution in [2.45, 2.75) is 0 Å². The van der Waals surface area contributed by atoms with Gasteiger partial charge in [0.2, 0.25) is 0 Å². The highest BCUT2D eigenvalue weighted by Crippen LogP contribution is 2.48. The van der Waals surface area contributed by atoms with E-state index in [4.69, 9.17) is 0 Å². The average Bonchev–Trinajstić information content (AvgIpc) is 3.41. The van der Waals surface area contributed by atoms with Gasteiger partial charge in [0.05, 0.1) is 5.69 Å². The number of para-hydroxylation sites is 1. The largest absolute Gasteiger partial charge is 0.310 e. The van der Waals surface area contributed by atoms with Crippen LogP contribution >= 0.6 is 11.3 Å². The van der Waals surface area contributed by atoms with E-state index in [9.17, 15) is 0 Å². The van der Waals surface area contributed by atoms with Crippen LogP contribution < -0.4 is 4.90 Å². The Kier molecular flexibility index (Phi) is 5.39. The summed E-state index contributed by atoms with van der Waals surface area (Å²) in [5, 5.41) is 7.65. The second kappa shape index (κ2) is 9.37. The molecule has 8 aromatic rings. The molecule has 0 bridgehead atoms. The van der Waals surface area contributed by atoms with Crippen molar-refractivity contribution in [2.24, 2.45) is 0 Å². The second-order valence-corrected chi connectivity index (χ2v) is 11.2. The molecule has 0 aliphatic carbocycles. The summed E-state index contributed by atoms with van der Waals surface area (Å²) in [6, 6.07) is 54.9. The molecule has 0 aliphatic heterocycles. The average molecular weight is 528 g/mol. The summed E-state index contributed by atoms with van der Waals surface area (Å²) in [4.78, 5) is 2.42. The molecule has 0 spiro atoms. The van der Waals surface area contributed by atoms with Gasteiger partial charge in [-0.3, -0.25) is 0 Å². The van der Waals surface area contributed by atoms with E-state index in [1.807, 2.05) is 11.3 Å². The minimum Gasteiger partial charge on any atom is -0.310 e. The zero-order chi connectivity index (χ0) is 26.5. The van der Waals surface area contributed by atoms with Crippen LogP contribution in [0.4, 0.5) is 17.1 Å². The summed E-state index contributed by atoms with van der Waals surface area (Å²) in [6.07, 6.45) is 0. The van der Waals surface area contributed by atoms with Crippen LogP contribution in [0.5, 0.6) is 0 Å². The molecule has 8 rings (SSSR count). The highest BCUT2D eigenvalue weighted by molar-refractivity contribution is 7.26. The normalized spacial score (nSPS) is 11.5. The van der Waals surface area contributed by atoms with Crippen molar-refractivity contribution in [2.75, 3.05) is 4.90 Å². The first-order chi connectivity index (χ1) is 19.8. The van der Waals surface area contributed by atoms with Gasteiger partial charge in [0.15, 0.2) is 0 Å². The number of benzene rings is 7. The third-order valence-corrected chi connectivity index (χ3v) is 9.02. The molecule has 0 amide bonds. The Morgan fingerprint density at radius 1 is 0.450 bits per heavy atom. The van der Waals surface area contributed by atoms with E-state index in [0.29, 0.717) is 0 Å². The molecule has 1 heterocycles. The Hall–Kier alpha value is -4.92. The molecule has 40 heavy (non-hydrogen) atoms. The van der Waals surface area contributed by atoms with Crippen molar-refractivity contribution in [3.63, 3.8) is 0 Å². The standard InChI is InChI=1S/C38H25NS/c1-3-13-27(14-4-1)31-20-11-21-36-37(31)34-25-35(32-18-9-10-19-33(32)38(34)40-36)39(29-16-5-2-6-17-29)30-23-22-26-12-7-8-15-28(26)24-30/h1-25H. The second-order valence-electron chi connectivity index (χ2n) is 10.2. The third-order valence-electron chi connectivity index (χ3n) is 7.81. The summed E-state index contributed by atoms with van der Waals surface area (Å²) in [5.74, 6) is 0. The fraction of sp³-hybridized carbons (Fsp3) is 0. The summed E-state index contributed by atoms with van der Waals surface area (Å²) < 4.78 is 2.65. The lowest BCUT2D eigenvalue weighted by atomic mass is 9.97. The number of hydrogen-bond donors (Lipinski definition) is 0. The van der Waals surface area contributed by atoms with Crippen LogP contribution in [0.15, 0.2) is 152 Å². The zero-order valence-electron chi connectivity index (χ0n) is 21.8. The van der Waals surface area contributed by atoms with E-state index in [1.165, 1.54) is 58.5 Å². The molecule has 7 aromatic carbocycles. The molecule has 0 fully saturated rings. The van der Waals surface area contributed by atoms with E-state index >= 15 is 0 Å². The van der Waals surface area contributed by atoms with E-state index < -0.39 is 0 Å². The Balaban J connectivity index is 1.49. The molecule has 1 aromatic heterocycles. The highest BCUT2D eigenvalue weighted by atomic mass is 32.1. The maximum atomic E-state index is 2.42. The predicted molar refractivity (Wildman–Crippen MR) is 174 cm³/mol. The first kappa shape index (κ1) is 23.0. The topological polar surface area (TPSA) is 3.24 Å². The minimum atomic E-state index is 1.14. The van der Waals surface area contributed by atoms with Crippen LogP contribution in [0.25, 0.3) is 52.8 Å². The van der Waals surface area contributed by atoms with Crippen LogP contribution in [-0.4, -0.2) is 0 Å². The Morgan fingerprint density at radius 3 is 1.98 bits per heavy atom. The lowest BCUT2D eigenvalue weighted by molar-refractivity contribution is 1.31. The number of hydrogen-bond acceptors (Lipinski definition) is 2. The molecule has 0 N–H and O–H groups in total. The Morgan fingerprint density at radius 2 is 1.15 bits per heavy atom.